The van der Waals surface area contributed by atoms with E-state index in [0.717, 1.165) is 0 Å². The Morgan fingerprint density at radius 3 is 2.09 bits per heavy atom. The Kier molecular flexibility index (Phi) is 8.65. The number of hydrogen-bond donors (Lipinski definition) is 1. The molecule has 10 heteroatoms. The molecule has 180 valence electrons. The number of aryl methyl sites for hydroxylation is 2. The molecule has 0 atom stereocenters. The predicted molar refractivity (Wildman–Crippen MR) is 128 cm³/mol. The topological polar surface area (TPSA) is 121 Å². The van der Waals surface area contributed by atoms with E-state index in [1.807, 2.05) is 0 Å². The van der Waals surface area contributed by atoms with Crippen LogP contribution < -0.4 is 5.30 Å². The highest BCUT2D eigenvalue weighted by atomic mass is 31.2. The lowest BCUT2D eigenvalue weighted by molar-refractivity contribution is -0.384. The average Bonchev–Trinajstić information content (AvgIpc) is 2.65. The second-order valence-electron chi connectivity index (χ2n) is 8.47. The summed E-state index contributed by atoms with van der Waals surface area (Å²) < 4.78 is 17.3. The molecule has 0 aliphatic heterocycles. The molecular weight excluding hydrogens is 447 g/mol. The number of aromatic nitrogens is 1. The number of carbonyl (C=O) groups is 1. The van der Waals surface area contributed by atoms with Gasteiger partial charge in [0.25, 0.3) is 5.69 Å². The third-order valence-corrected chi connectivity index (χ3v) is 6.94. The standard InChI is InChI=1S/C23H32N2O7P/c1-13(2)30-23(26)20-16(7)24-17(8)22(33(29,31-14(3)4)32-15(5)6)21(20)18-10-9-11-19(12-18)25(27)28/h9-15,29H,1-8H3/q+1. The van der Waals surface area contributed by atoms with E-state index in [1.54, 1.807) is 61.5 Å². The van der Waals surface area contributed by atoms with Crippen molar-refractivity contribution < 1.29 is 28.4 Å². The SMILES string of the molecule is Cc1nc(C)c([P+](O)(OC(C)C)OC(C)C)c(-c2cccc([N+](=O)[O-])c2)c1C(=O)OC(C)C. The van der Waals surface area contributed by atoms with E-state index in [-0.39, 0.29) is 22.1 Å². The Hall–Kier alpha value is -2.45. The normalized spacial score (nSPS) is 12.0. The molecule has 2 aromatic rings. The molecule has 0 aliphatic rings. The smallest absolute Gasteiger partial charge is 0.449 e. The summed E-state index contributed by atoms with van der Waals surface area (Å²) in [6.45, 7) is 13.8. The van der Waals surface area contributed by atoms with E-state index < -0.39 is 37.1 Å². The van der Waals surface area contributed by atoms with Crippen molar-refractivity contribution in [2.45, 2.75) is 73.7 Å². The van der Waals surface area contributed by atoms with Gasteiger partial charge in [-0.15, -0.1) is 0 Å². The minimum absolute atomic E-state index is 0.0999. The fraction of sp³-hybridized carbons (Fsp3) is 0.478. The van der Waals surface area contributed by atoms with Crippen LogP contribution in [-0.4, -0.2) is 39.1 Å². The molecule has 0 saturated heterocycles. The average molecular weight is 479 g/mol. The first kappa shape index (κ1) is 26.8. The molecule has 0 saturated carbocycles. The number of nitrogens with zero attached hydrogens (tertiary/aromatic N) is 2. The zero-order chi connectivity index (χ0) is 25.1. The van der Waals surface area contributed by atoms with Crippen LogP contribution in [0.1, 0.15) is 63.3 Å². The van der Waals surface area contributed by atoms with Crippen LogP contribution in [0.15, 0.2) is 24.3 Å². The summed E-state index contributed by atoms with van der Waals surface area (Å²) in [7, 11) is -3.77. The van der Waals surface area contributed by atoms with Gasteiger partial charge in [-0.1, -0.05) is 12.1 Å². The van der Waals surface area contributed by atoms with Crippen molar-refractivity contribution in [2.24, 2.45) is 0 Å². The minimum Gasteiger partial charge on any atom is -0.459 e. The third kappa shape index (κ3) is 6.32. The van der Waals surface area contributed by atoms with E-state index >= 15 is 0 Å². The maximum absolute atomic E-state index is 13.2. The summed E-state index contributed by atoms with van der Waals surface area (Å²) in [4.78, 5) is 40.4. The third-order valence-electron chi connectivity index (χ3n) is 4.41. The van der Waals surface area contributed by atoms with Crippen LogP contribution in [0.5, 0.6) is 0 Å². The lowest BCUT2D eigenvalue weighted by Crippen LogP contribution is -2.29. The van der Waals surface area contributed by atoms with Crippen LogP contribution in [0, 0.1) is 24.0 Å². The number of pyridine rings is 1. The fourth-order valence-corrected chi connectivity index (χ4v) is 5.85. The maximum Gasteiger partial charge on any atom is 0.449 e. The van der Waals surface area contributed by atoms with Gasteiger partial charge in [-0.25, -0.2) is 4.79 Å². The van der Waals surface area contributed by atoms with Crippen LogP contribution in [0.25, 0.3) is 11.1 Å². The van der Waals surface area contributed by atoms with Crippen LogP contribution in [0.4, 0.5) is 5.69 Å². The summed E-state index contributed by atoms with van der Waals surface area (Å²) in [5.74, 6) is -0.654. The molecule has 2 rings (SSSR count). The summed E-state index contributed by atoms with van der Waals surface area (Å²) in [6.07, 6.45) is -1.23. The van der Waals surface area contributed by atoms with E-state index in [1.165, 1.54) is 18.2 Å². The van der Waals surface area contributed by atoms with Gasteiger partial charge in [0, 0.05) is 12.1 Å². The maximum atomic E-state index is 13.2. The van der Waals surface area contributed by atoms with Crippen molar-refractivity contribution in [3.05, 3.63) is 51.3 Å². The number of rotatable bonds is 9. The van der Waals surface area contributed by atoms with E-state index in [4.69, 9.17) is 13.8 Å². The van der Waals surface area contributed by atoms with Crippen LogP contribution in [-0.2, 0) is 13.8 Å². The Labute approximate surface area is 194 Å². The summed E-state index contributed by atoms with van der Waals surface area (Å²) >= 11 is 0. The molecule has 1 N–H and O–H groups in total. The molecule has 0 unspecified atom stereocenters. The second kappa shape index (κ2) is 10.7. The fourth-order valence-electron chi connectivity index (χ4n) is 3.47. The Morgan fingerprint density at radius 2 is 1.61 bits per heavy atom. The molecule has 9 nitrogen and oxygen atoms in total. The van der Waals surface area contributed by atoms with Gasteiger partial charge in [0.05, 0.1) is 33.5 Å². The zero-order valence-corrected chi connectivity index (χ0v) is 21.2. The number of nitro groups is 1. The summed E-state index contributed by atoms with van der Waals surface area (Å²) in [5.41, 5.74) is 1.30. The van der Waals surface area contributed by atoms with Gasteiger partial charge in [0.15, 0.2) is 0 Å². The van der Waals surface area contributed by atoms with Crippen molar-refractivity contribution in [1.82, 2.24) is 4.98 Å². The lowest BCUT2D eigenvalue weighted by Gasteiger charge is -2.25. The molecule has 0 spiro atoms. The van der Waals surface area contributed by atoms with E-state index in [9.17, 15) is 19.8 Å². The highest BCUT2D eigenvalue weighted by molar-refractivity contribution is 7.69. The number of carbonyl (C=O) groups excluding carboxylic acids is 1. The van der Waals surface area contributed by atoms with Crippen molar-refractivity contribution >= 4 is 24.9 Å². The van der Waals surface area contributed by atoms with Gasteiger partial charge in [-0.05, 0) is 61.0 Å². The van der Waals surface area contributed by atoms with Crippen molar-refractivity contribution in [2.75, 3.05) is 0 Å². The predicted octanol–water partition coefficient (Wildman–Crippen LogP) is 5.07. The van der Waals surface area contributed by atoms with Gasteiger partial charge in [-0.2, -0.15) is 13.9 Å². The molecule has 1 heterocycles. The summed E-state index contributed by atoms with van der Waals surface area (Å²) in [5, 5.41) is 11.7. The molecule has 1 aromatic heterocycles. The molecule has 0 aliphatic carbocycles. The van der Waals surface area contributed by atoms with Crippen LogP contribution in [0.3, 0.4) is 0 Å². The van der Waals surface area contributed by atoms with Gasteiger partial charge in [-0.3, -0.25) is 15.1 Å². The molecule has 1 aromatic carbocycles. The monoisotopic (exact) mass is 479 g/mol. The number of hydrogen-bond acceptors (Lipinski definition) is 8. The van der Waals surface area contributed by atoms with E-state index in [2.05, 4.69) is 4.98 Å². The Balaban J connectivity index is 3.01. The molecule has 0 bridgehead atoms. The summed E-state index contributed by atoms with van der Waals surface area (Å²) in [6, 6.07) is 5.85. The number of nitro benzene ring substituents is 1. The van der Waals surface area contributed by atoms with Crippen molar-refractivity contribution in [3.63, 3.8) is 0 Å². The highest BCUT2D eigenvalue weighted by Gasteiger charge is 2.52. The molecule has 0 radical (unpaired) electrons. The first-order chi connectivity index (χ1) is 15.3. The Bertz CT molecular complexity index is 1030. The largest absolute Gasteiger partial charge is 0.459 e. The molecule has 0 fully saturated rings. The van der Waals surface area contributed by atoms with E-state index in [0.29, 0.717) is 17.0 Å². The highest BCUT2D eigenvalue weighted by Crippen LogP contribution is 2.60. The van der Waals surface area contributed by atoms with Crippen LogP contribution >= 0.6 is 7.94 Å². The molecule has 0 amide bonds. The van der Waals surface area contributed by atoms with Gasteiger partial charge in [0.1, 0.15) is 12.2 Å². The van der Waals surface area contributed by atoms with Gasteiger partial charge < -0.3 is 4.74 Å². The minimum atomic E-state index is -3.77. The number of benzene rings is 1. The lowest BCUT2D eigenvalue weighted by atomic mass is 9.97. The molecular formula is C23H32N2O7P+. The first-order valence-corrected chi connectivity index (χ1v) is 12.3. The number of esters is 1. The number of ether oxygens (including phenoxy) is 1. The quantitative estimate of drug-likeness (QED) is 0.229. The molecule has 33 heavy (non-hydrogen) atoms. The second-order valence-corrected chi connectivity index (χ2v) is 10.4. The van der Waals surface area contributed by atoms with Crippen molar-refractivity contribution in [1.29, 1.82) is 0 Å². The van der Waals surface area contributed by atoms with Gasteiger partial charge >= 0.3 is 13.9 Å². The van der Waals surface area contributed by atoms with Gasteiger partial charge in [0.2, 0.25) is 5.30 Å². The zero-order valence-electron chi connectivity index (χ0n) is 20.3. The first-order valence-electron chi connectivity index (χ1n) is 10.7. The Morgan fingerprint density at radius 1 is 1.03 bits per heavy atom. The number of non-ortho nitro benzene ring substituents is 1. The van der Waals surface area contributed by atoms with Crippen molar-refractivity contribution in [3.8, 4) is 11.1 Å². The van der Waals surface area contributed by atoms with Crippen LogP contribution in [0.2, 0.25) is 0 Å².